The maximum absolute atomic E-state index is 5.23. The number of terminal acetylenes is 2. The van der Waals surface area contributed by atoms with Crippen LogP contribution in [-0.4, -0.2) is 0 Å². The van der Waals surface area contributed by atoms with Crippen LogP contribution in [0.3, 0.4) is 0 Å². The first-order valence-corrected chi connectivity index (χ1v) is 6.49. The molecule has 0 N–H and O–H groups in total. The fraction of sp³-hybridized carbons (Fsp3) is 0.529. The molecule has 0 aliphatic carbocycles. The minimum absolute atomic E-state index is 0.929. The number of hydrogen-bond donors (Lipinski definition) is 0. The largest absolute Gasteiger partial charge is 0.115 e. The van der Waals surface area contributed by atoms with Crippen molar-refractivity contribution in [3.8, 4) is 24.7 Å². The molecule has 0 spiro atoms. The second kappa shape index (κ2) is 11.1. The lowest BCUT2D eigenvalue weighted by Gasteiger charge is -2.02. The highest BCUT2D eigenvalue weighted by atomic mass is 14.0. The van der Waals surface area contributed by atoms with E-state index in [0.717, 1.165) is 24.0 Å². The van der Waals surface area contributed by atoms with Crippen molar-refractivity contribution in [2.45, 2.75) is 57.8 Å². The predicted octanol–water partition coefficient (Wildman–Crippen LogP) is 4.88. The summed E-state index contributed by atoms with van der Waals surface area (Å²) in [5.74, 6) is 5.16. The van der Waals surface area contributed by atoms with Gasteiger partial charge in [-0.15, -0.1) is 12.8 Å². The van der Waals surface area contributed by atoms with Crippen LogP contribution in [0.15, 0.2) is 24.3 Å². The SMILES string of the molecule is C#CC(=C)CCCCCCCCCC(=C)C#C. The van der Waals surface area contributed by atoms with Crippen LogP contribution in [0.5, 0.6) is 0 Å². The Hall–Kier alpha value is -1.40. The summed E-state index contributed by atoms with van der Waals surface area (Å²) in [6.07, 6.45) is 21.2. The van der Waals surface area contributed by atoms with Gasteiger partial charge in [0.15, 0.2) is 0 Å². The summed E-state index contributed by atoms with van der Waals surface area (Å²) < 4.78 is 0. The van der Waals surface area contributed by atoms with E-state index in [9.17, 15) is 0 Å². The third kappa shape index (κ3) is 10.9. The van der Waals surface area contributed by atoms with Gasteiger partial charge in [0.1, 0.15) is 0 Å². The normalized spacial score (nSPS) is 9.29. The minimum atomic E-state index is 0.929. The van der Waals surface area contributed by atoms with Crippen molar-refractivity contribution in [1.82, 2.24) is 0 Å². The average Bonchev–Trinajstić information content (AvgIpc) is 2.35. The molecule has 0 amide bonds. The Morgan fingerprint density at radius 1 is 0.647 bits per heavy atom. The highest BCUT2D eigenvalue weighted by Gasteiger charge is 1.94. The van der Waals surface area contributed by atoms with Crippen molar-refractivity contribution in [3.63, 3.8) is 0 Å². The molecule has 17 heavy (non-hydrogen) atoms. The van der Waals surface area contributed by atoms with Gasteiger partial charge in [-0.3, -0.25) is 0 Å². The van der Waals surface area contributed by atoms with E-state index in [1.54, 1.807) is 0 Å². The second-order valence-electron chi connectivity index (χ2n) is 4.47. The van der Waals surface area contributed by atoms with Gasteiger partial charge >= 0.3 is 0 Å². The number of rotatable bonds is 10. The molecule has 0 heteroatoms. The van der Waals surface area contributed by atoms with Crippen molar-refractivity contribution in [3.05, 3.63) is 24.3 Å². The molecule has 0 bridgehead atoms. The van der Waals surface area contributed by atoms with Gasteiger partial charge in [-0.05, 0) is 36.8 Å². The third-order valence-electron chi connectivity index (χ3n) is 2.87. The fourth-order valence-corrected chi connectivity index (χ4v) is 1.70. The van der Waals surface area contributed by atoms with Crippen molar-refractivity contribution >= 4 is 0 Å². The molecule has 92 valence electrons. The van der Waals surface area contributed by atoms with Crippen molar-refractivity contribution < 1.29 is 0 Å². The Labute approximate surface area is 107 Å². The van der Waals surface area contributed by atoms with E-state index in [-0.39, 0.29) is 0 Å². The summed E-state index contributed by atoms with van der Waals surface area (Å²) in [4.78, 5) is 0. The zero-order valence-electron chi connectivity index (χ0n) is 10.9. The summed E-state index contributed by atoms with van der Waals surface area (Å²) in [5.41, 5.74) is 1.86. The Kier molecular flexibility index (Phi) is 10.2. The van der Waals surface area contributed by atoms with Crippen LogP contribution in [0, 0.1) is 24.7 Å². The van der Waals surface area contributed by atoms with E-state index < -0.39 is 0 Å². The molecule has 0 saturated heterocycles. The first-order valence-electron chi connectivity index (χ1n) is 6.49. The van der Waals surface area contributed by atoms with Gasteiger partial charge in [-0.1, -0.05) is 57.1 Å². The molecular weight excluding hydrogens is 204 g/mol. The molecule has 0 aromatic rings. The Bertz CT molecular complexity index is 274. The van der Waals surface area contributed by atoms with Gasteiger partial charge in [0.2, 0.25) is 0 Å². The molecule has 0 heterocycles. The monoisotopic (exact) mass is 228 g/mol. The van der Waals surface area contributed by atoms with Crippen LogP contribution < -0.4 is 0 Å². The third-order valence-corrected chi connectivity index (χ3v) is 2.87. The Morgan fingerprint density at radius 2 is 0.941 bits per heavy atom. The molecule has 0 aromatic carbocycles. The quantitative estimate of drug-likeness (QED) is 0.369. The number of unbranched alkanes of at least 4 members (excludes halogenated alkanes) is 6. The lowest BCUT2D eigenvalue weighted by Crippen LogP contribution is -1.83. The van der Waals surface area contributed by atoms with Crippen LogP contribution >= 0.6 is 0 Å². The average molecular weight is 228 g/mol. The van der Waals surface area contributed by atoms with E-state index in [2.05, 4.69) is 25.0 Å². The van der Waals surface area contributed by atoms with Crippen molar-refractivity contribution in [2.75, 3.05) is 0 Å². The van der Waals surface area contributed by atoms with Gasteiger partial charge in [-0.25, -0.2) is 0 Å². The van der Waals surface area contributed by atoms with Crippen LogP contribution in [0.1, 0.15) is 57.8 Å². The maximum Gasteiger partial charge on any atom is -0.00542 e. The summed E-state index contributed by atoms with van der Waals surface area (Å²) >= 11 is 0. The molecule has 0 unspecified atom stereocenters. The highest BCUT2D eigenvalue weighted by Crippen LogP contribution is 2.12. The molecule has 0 nitrogen and oxygen atoms in total. The zero-order valence-corrected chi connectivity index (χ0v) is 10.9. The predicted molar refractivity (Wildman–Crippen MR) is 77.5 cm³/mol. The lowest BCUT2D eigenvalue weighted by molar-refractivity contribution is 0.581. The molecule has 0 aromatic heterocycles. The molecule has 0 rings (SSSR count). The summed E-state index contributed by atoms with van der Waals surface area (Å²) in [5, 5.41) is 0. The molecule has 0 fully saturated rings. The smallest absolute Gasteiger partial charge is 0.00542 e. The van der Waals surface area contributed by atoms with E-state index in [1.165, 1.54) is 44.9 Å². The van der Waals surface area contributed by atoms with Crippen LogP contribution in [0.4, 0.5) is 0 Å². The van der Waals surface area contributed by atoms with E-state index >= 15 is 0 Å². The van der Waals surface area contributed by atoms with E-state index in [0.29, 0.717) is 0 Å². The molecule has 0 saturated carbocycles. The summed E-state index contributed by atoms with van der Waals surface area (Å²) in [6.45, 7) is 7.59. The molecular formula is C17H24. The summed E-state index contributed by atoms with van der Waals surface area (Å²) in [6, 6.07) is 0. The minimum Gasteiger partial charge on any atom is -0.115 e. The lowest BCUT2D eigenvalue weighted by atomic mass is 10.0. The topological polar surface area (TPSA) is 0 Å². The van der Waals surface area contributed by atoms with Gasteiger partial charge in [-0.2, -0.15) is 0 Å². The Morgan fingerprint density at radius 3 is 1.24 bits per heavy atom. The van der Waals surface area contributed by atoms with Crippen LogP contribution in [0.25, 0.3) is 0 Å². The highest BCUT2D eigenvalue weighted by molar-refractivity contribution is 5.21. The Balaban J connectivity index is 3.15. The van der Waals surface area contributed by atoms with E-state index in [4.69, 9.17) is 12.8 Å². The first kappa shape index (κ1) is 15.6. The molecule has 0 atom stereocenters. The fourth-order valence-electron chi connectivity index (χ4n) is 1.70. The molecule has 0 aliphatic heterocycles. The number of allylic oxidation sites excluding steroid dienone is 2. The van der Waals surface area contributed by atoms with Crippen LogP contribution in [0.2, 0.25) is 0 Å². The first-order chi connectivity index (χ1) is 8.20. The van der Waals surface area contributed by atoms with Gasteiger partial charge in [0.05, 0.1) is 0 Å². The summed E-state index contributed by atoms with van der Waals surface area (Å²) in [7, 11) is 0. The van der Waals surface area contributed by atoms with Crippen LogP contribution in [-0.2, 0) is 0 Å². The van der Waals surface area contributed by atoms with Gasteiger partial charge < -0.3 is 0 Å². The maximum atomic E-state index is 5.23. The second-order valence-corrected chi connectivity index (χ2v) is 4.47. The van der Waals surface area contributed by atoms with Gasteiger partial charge in [0.25, 0.3) is 0 Å². The van der Waals surface area contributed by atoms with E-state index in [1.807, 2.05) is 0 Å². The molecule has 0 aliphatic rings. The molecule has 0 radical (unpaired) electrons. The van der Waals surface area contributed by atoms with Crippen molar-refractivity contribution in [1.29, 1.82) is 0 Å². The van der Waals surface area contributed by atoms with Crippen molar-refractivity contribution in [2.24, 2.45) is 0 Å². The zero-order chi connectivity index (χ0) is 12.9. The standard InChI is InChI=1S/C17H24/c1-5-16(3)14-12-10-8-7-9-11-13-15-17(4)6-2/h1-2H,3-4,7-15H2. The number of hydrogen-bond acceptors (Lipinski definition) is 0. The van der Waals surface area contributed by atoms with Gasteiger partial charge in [0, 0.05) is 0 Å².